The van der Waals surface area contributed by atoms with Crippen LogP contribution in [0.4, 0.5) is 0 Å². The fraction of sp³-hybridized carbons (Fsp3) is 0.550. The average molecular weight is 455 g/mol. The van der Waals surface area contributed by atoms with Crippen LogP contribution in [0.15, 0.2) is 33.7 Å². The molecule has 1 aliphatic carbocycles. The third-order valence-corrected chi connectivity index (χ3v) is 7.21. The quantitative estimate of drug-likeness (QED) is 0.580. The number of carbonyl (C=O) groups excluding carboxylic acids is 1. The molecule has 1 aliphatic rings. The van der Waals surface area contributed by atoms with Crippen LogP contribution in [0.5, 0.6) is 0 Å². The fourth-order valence-electron chi connectivity index (χ4n) is 3.61. The lowest BCUT2D eigenvalue weighted by Crippen LogP contribution is -2.35. The van der Waals surface area contributed by atoms with Crippen molar-refractivity contribution in [3.8, 4) is 0 Å². The van der Waals surface area contributed by atoms with Crippen molar-refractivity contribution in [2.24, 2.45) is 0 Å². The van der Waals surface area contributed by atoms with Gasteiger partial charge >= 0.3 is 11.8 Å². The largest absolute Gasteiger partial charge is 0.348 e. The number of sulfone groups is 1. The van der Waals surface area contributed by atoms with E-state index >= 15 is 0 Å². The van der Waals surface area contributed by atoms with E-state index < -0.39 is 21.5 Å². The van der Waals surface area contributed by atoms with Gasteiger partial charge in [-0.25, -0.2) is 8.42 Å². The highest BCUT2D eigenvalue weighted by molar-refractivity contribution is 7.90. The standard InChI is InChI=1S/C20H27ClN4O4S/c1-25(16-6-3-2-4-7-16)13-5-12-22-19(26)20-23-18(24-29-20)14-30(27,28)17-10-8-15(21)9-11-17/h8-11,16H,2-7,12-14H2,1H3,(H,22,26). The predicted molar refractivity (Wildman–Crippen MR) is 113 cm³/mol. The molecule has 0 radical (unpaired) electrons. The molecular weight excluding hydrogens is 428 g/mol. The van der Waals surface area contributed by atoms with Crippen molar-refractivity contribution < 1.29 is 17.7 Å². The SMILES string of the molecule is CN(CCCNC(=O)c1nc(CS(=O)(=O)c2ccc(Cl)cc2)no1)C1CCCCC1. The van der Waals surface area contributed by atoms with Gasteiger partial charge in [0, 0.05) is 17.6 Å². The van der Waals surface area contributed by atoms with Gasteiger partial charge in [-0.3, -0.25) is 4.79 Å². The van der Waals surface area contributed by atoms with Crippen LogP contribution < -0.4 is 5.32 Å². The Kier molecular flexibility index (Phi) is 7.85. The monoisotopic (exact) mass is 454 g/mol. The Morgan fingerprint density at radius 1 is 1.23 bits per heavy atom. The zero-order chi connectivity index (χ0) is 21.6. The molecule has 0 spiro atoms. The molecule has 1 saturated carbocycles. The lowest BCUT2D eigenvalue weighted by molar-refractivity contribution is 0.0906. The second kappa shape index (κ2) is 10.4. The number of carbonyl (C=O) groups is 1. The molecule has 30 heavy (non-hydrogen) atoms. The van der Waals surface area contributed by atoms with Crippen molar-refractivity contribution in [2.45, 2.75) is 55.2 Å². The molecule has 3 rings (SSSR count). The van der Waals surface area contributed by atoms with Crippen LogP contribution in [0, 0.1) is 0 Å². The van der Waals surface area contributed by atoms with Crippen LogP contribution >= 0.6 is 11.6 Å². The molecule has 1 heterocycles. The molecule has 0 unspecified atom stereocenters. The summed E-state index contributed by atoms with van der Waals surface area (Å²) in [6.45, 7) is 1.38. The summed E-state index contributed by atoms with van der Waals surface area (Å²) >= 11 is 5.79. The Morgan fingerprint density at radius 2 is 1.93 bits per heavy atom. The maximum absolute atomic E-state index is 12.4. The molecule has 0 saturated heterocycles. The number of rotatable bonds is 9. The van der Waals surface area contributed by atoms with E-state index in [1.807, 2.05) is 0 Å². The number of benzene rings is 1. The Labute approximate surface area is 181 Å². The van der Waals surface area contributed by atoms with Crippen LogP contribution in [0.2, 0.25) is 5.02 Å². The van der Waals surface area contributed by atoms with Crippen molar-refractivity contribution in [3.63, 3.8) is 0 Å². The summed E-state index contributed by atoms with van der Waals surface area (Å²) in [4.78, 5) is 18.6. The van der Waals surface area contributed by atoms with Gasteiger partial charge in [-0.15, -0.1) is 0 Å². The van der Waals surface area contributed by atoms with E-state index in [0.717, 1.165) is 13.0 Å². The van der Waals surface area contributed by atoms with E-state index in [1.165, 1.54) is 56.4 Å². The summed E-state index contributed by atoms with van der Waals surface area (Å²) in [5.74, 6) is -1.26. The summed E-state index contributed by atoms with van der Waals surface area (Å²) in [5.41, 5.74) is 0. The molecule has 1 N–H and O–H groups in total. The molecule has 10 heteroatoms. The summed E-state index contributed by atoms with van der Waals surface area (Å²) in [6.07, 6.45) is 7.20. The second-order valence-electron chi connectivity index (χ2n) is 7.61. The number of hydrogen-bond acceptors (Lipinski definition) is 7. The molecule has 1 aromatic heterocycles. The summed E-state index contributed by atoms with van der Waals surface area (Å²) < 4.78 is 29.8. The Bertz CT molecular complexity index is 940. The first kappa shape index (κ1) is 22.7. The number of nitrogens with zero attached hydrogens (tertiary/aromatic N) is 3. The Balaban J connectivity index is 1.45. The van der Waals surface area contributed by atoms with Gasteiger partial charge in [-0.1, -0.05) is 36.0 Å². The number of aromatic nitrogens is 2. The van der Waals surface area contributed by atoms with E-state index in [4.69, 9.17) is 16.1 Å². The zero-order valence-corrected chi connectivity index (χ0v) is 18.6. The second-order valence-corrected chi connectivity index (χ2v) is 10.0. The highest BCUT2D eigenvalue weighted by Gasteiger charge is 2.22. The van der Waals surface area contributed by atoms with Gasteiger partial charge in [0.2, 0.25) is 0 Å². The third-order valence-electron chi connectivity index (χ3n) is 5.33. The number of halogens is 1. The minimum Gasteiger partial charge on any atom is -0.348 e. The molecule has 0 bridgehead atoms. The number of nitrogens with one attached hydrogen (secondary N) is 1. The van der Waals surface area contributed by atoms with E-state index in [9.17, 15) is 13.2 Å². The molecule has 1 amide bonds. The smallest absolute Gasteiger partial charge is 0.315 e. The normalized spacial score (nSPS) is 15.4. The van der Waals surface area contributed by atoms with Gasteiger partial charge < -0.3 is 14.7 Å². The average Bonchev–Trinajstić information content (AvgIpc) is 3.19. The highest BCUT2D eigenvalue weighted by atomic mass is 35.5. The van der Waals surface area contributed by atoms with E-state index in [-0.39, 0.29) is 16.6 Å². The summed E-state index contributed by atoms with van der Waals surface area (Å²) in [7, 11) is -1.54. The molecule has 2 aromatic rings. The minimum absolute atomic E-state index is 0.0628. The van der Waals surface area contributed by atoms with Crippen LogP contribution in [-0.2, 0) is 15.6 Å². The highest BCUT2D eigenvalue weighted by Crippen LogP contribution is 2.21. The number of hydrogen-bond donors (Lipinski definition) is 1. The van der Waals surface area contributed by atoms with Crippen LogP contribution in [0.3, 0.4) is 0 Å². The van der Waals surface area contributed by atoms with Gasteiger partial charge in [-0.05, 0) is 57.1 Å². The van der Waals surface area contributed by atoms with E-state index in [1.54, 1.807) is 0 Å². The minimum atomic E-state index is -3.66. The molecule has 0 aliphatic heterocycles. The lowest BCUT2D eigenvalue weighted by Gasteiger charge is -2.31. The number of amides is 1. The maximum Gasteiger partial charge on any atom is 0.315 e. The Morgan fingerprint density at radius 3 is 2.63 bits per heavy atom. The summed E-state index contributed by atoms with van der Waals surface area (Å²) in [6, 6.07) is 6.45. The molecular formula is C20H27ClN4O4S. The van der Waals surface area contributed by atoms with Crippen LogP contribution in [0.25, 0.3) is 0 Å². The van der Waals surface area contributed by atoms with E-state index in [2.05, 4.69) is 27.4 Å². The fourth-order valence-corrected chi connectivity index (χ4v) is 4.91. The molecule has 164 valence electrons. The topological polar surface area (TPSA) is 105 Å². The van der Waals surface area contributed by atoms with Crippen molar-refractivity contribution in [3.05, 3.63) is 41.0 Å². The van der Waals surface area contributed by atoms with Gasteiger partial charge in [0.1, 0.15) is 5.75 Å². The maximum atomic E-state index is 12.4. The zero-order valence-electron chi connectivity index (χ0n) is 17.0. The Hall–Kier alpha value is -1.97. The molecule has 1 fully saturated rings. The lowest BCUT2D eigenvalue weighted by atomic mass is 9.94. The first-order valence-corrected chi connectivity index (χ1v) is 12.2. The first-order valence-electron chi connectivity index (χ1n) is 10.1. The first-order chi connectivity index (χ1) is 14.3. The van der Waals surface area contributed by atoms with E-state index in [0.29, 0.717) is 17.6 Å². The predicted octanol–water partition coefficient (Wildman–Crippen LogP) is 3.08. The molecule has 1 aromatic carbocycles. The van der Waals surface area contributed by atoms with Gasteiger partial charge in [0.15, 0.2) is 15.7 Å². The van der Waals surface area contributed by atoms with Crippen LogP contribution in [-0.4, -0.2) is 55.5 Å². The third kappa shape index (κ3) is 6.26. The van der Waals surface area contributed by atoms with Crippen molar-refractivity contribution >= 4 is 27.3 Å². The van der Waals surface area contributed by atoms with Gasteiger partial charge in [0.25, 0.3) is 0 Å². The molecule has 8 nitrogen and oxygen atoms in total. The van der Waals surface area contributed by atoms with Crippen molar-refractivity contribution in [2.75, 3.05) is 20.1 Å². The van der Waals surface area contributed by atoms with Gasteiger partial charge in [-0.2, -0.15) is 4.98 Å². The van der Waals surface area contributed by atoms with Crippen molar-refractivity contribution in [1.29, 1.82) is 0 Å². The van der Waals surface area contributed by atoms with Crippen LogP contribution in [0.1, 0.15) is 55.0 Å². The molecule has 0 atom stereocenters. The summed E-state index contributed by atoms with van der Waals surface area (Å²) in [5, 5.41) is 6.81. The van der Waals surface area contributed by atoms with Crippen molar-refractivity contribution in [1.82, 2.24) is 20.4 Å². The van der Waals surface area contributed by atoms with Gasteiger partial charge in [0.05, 0.1) is 4.90 Å².